The highest BCUT2D eigenvalue weighted by atomic mass is 33.1. The monoisotopic (exact) mass is 220 g/mol. The maximum atomic E-state index is 5.67. The van der Waals surface area contributed by atoms with Crippen molar-refractivity contribution in [2.24, 2.45) is 0 Å². The van der Waals surface area contributed by atoms with Gasteiger partial charge in [-0.05, 0) is 25.7 Å². The molecule has 2 nitrogen and oxygen atoms in total. The number of hydrogen-bond acceptors (Lipinski definition) is 4. The predicted molar refractivity (Wildman–Crippen MR) is 58.3 cm³/mol. The molecule has 0 radical (unpaired) electrons. The van der Waals surface area contributed by atoms with E-state index in [-0.39, 0.29) is 0 Å². The lowest BCUT2D eigenvalue weighted by molar-refractivity contribution is 0.0437. The van der Waals surface area contributed by atoms with Crippen molar-refractivity contribution in [3.63, 3.8) is 0 Å². The molecule has 0 aromatic rings. The number of thiol groups is 1. The largest absolute Gasteiger partial charge is 0.377 e. The highest BCUT2D eigenvalue weighted by Gasteiger charge is 2.34. The first kappa shape index (κ1) is 10.1. The molecule has 2 heterocycles. The SMILES string of the molecule is SSC(C1CCCO1)C1CCCO1. The van der Waals surface area contributed by atoms with Crippen molar-refractivity contribution in [1.82, 2.24) is 0 Å². The molecule has 0 saturated carbocycles. The Balaban J connectivity index is 1.90. The highest BCUT2D eigenvalue weighted by molar-refractivity contribution is 8.68. The third-order valence-corrected chi connectivity index (χ3v) is 4.37. The Kier molecular flexibility index (Phi) is 3.84. The van der Waals surface area contributed by atoms with Crippen molar-refractivity contribution in [2.45, 2.75) is 43.1 Å². The summed E-state index contributed by atoms with van der Waals surface area (Å²) in [4.78, 5) is 0. The van der Waals surface area contributed by atoms with Gasteiger partial charge in [-0.25, -0.2) is 0 Å². The topological polar surface area (TPSA) is 18.5 Å². The Morgan fingerprint density at radius 2 is 1.62 bits per heavy atom. The van der Waals surface area contributed by atoms with Gasteiger partial charge in [-0.15, -0.1) is 11.7 Å². The molecule has 2 aliphatic rings. The second kappa shape index (κ2) is 4.91. The maximum Gasteiger partial charge on any atom is 0.0728 e. The van der Waals surface area contributed by atoms with Gasteiger partial charge in [-0.2, -0.15) is 0 Å². The van der Waals surface area contributed by atoms with Crippen LogP contribution in [0.15, 0.2) is 0 Å². The van der Waals surface area contributed by atoms with E-state index in [0.717, 1.165) is 13.2 Å². The molecule has 0 aliphatic carbocycles. The van der Waals surface area contributed by atoms with E-state index in [2.05, 4.69) is 11.7 Å². The predicted octanol–water partition coefficient (Wildman–Crippen LogP) is 2.29. The fraction of sp³-hybridized carbons (Fsp3) is 1.00. The summed E-state index contributed by atoms with van der Waals surface area (Å²) in [6, 6.07) is 0. The molecule has 0 aromatic carbocycles. The molecule has 4 heteroatoms. The van der Waals surface area contributed by atoms with E-state index in [1.54, 1.807) is 10.8 Å². The van der Waals surface area contributed by atoms with Gasteiger partial charge in [0.05, 0.1) is 17.5 Å². The van der Waals surface area contributed by atoms with Crippen LogP contribution in [0.4, 0.5) is 0 Å². The van der Waals surface area contributed by atoms with Crippen LogP contribution in [0.1, 0.15) is 25.7 Å². The number of hydrogen-bond donors (Lipinski definition) is 1. The van der Waals surface area contributed by atoms with Crippen LogP contribution in [0.2, 0.25) is 0 Å². The van der Waals surface area contributed by atoms with Gasteiger partial charge in [0.15, 0.2) is 0 Å². The molecule has 0 bridgehead atoms. The van der Waals surface area contributed by atoms with Crippen LogP contribution in [0, 0.1) is 0 Å². The molecule has 2 saturated heterocycles. The van der Waals surface area contributed by atoms with E-state index < -0.39 is 0 Å². The summed E-state index contributed by atoms with van der Waals surface area (Å²) in [6.07, 6.45) is 5.51. The summed E-state index contributed by atoms with van der Waals surface area (Å²) in [7, 11) is 1.61. The van der Waals surface area contributed by atoms with Crippen LogP contribution in [-0.2, 0) is 9.47 Å². The normalized spacial score (nSPS) is 36.7. The molecular formula is C9H16O2S2. The first-order valence-corrected chi connectivity index (χ1v) is 6.88. The molecule has 2 atom stereocenters. The first-order chi connectivity index (χ1) is 6.42. The van der Waals surface area contributed by atoms with Gasteiger partial charge in [-0.3, -0.25) is 0 Å². The Bertz CT molecular complexity index is 138. The van der Waals surface area contributed by atoms with Gasteiger partial charge in [0.25, 0.3) is 0 Å². The van der Waals surface area contributed by atoms with Gasteiger partial charge >= 0.3 is 0 Å². The molecule has 0 spiro atoms. The van der Waals surface area contributed by atoms with Crippen molar-refractivity contribution >= 4 is 22.5 Å². The number of rotatable bonds is 3. The van der Waals surface area contributed by atoms with Crippen LogP contribution in [0.3, 0.4) is 0 Å². The molecule has 76 valence electrons. The molecule has 2 unspecified atom stereocenters. The van der Waals surface area contributed by atoms with Crippen LogP contribution in [0.5, 0.6) is 0 Å². The van der Waals surface area contributed by atoms with E-state index in [0.29, 0.717) is 17.5 Å². The Morgan fingerprint density at radius 3 is 1.92 bits per heavy atom. The van der Waals surface area contributed by atoms with Crippen LogP contribution in [-0.4, -0.2) is 30.7 Å². The quantitative estimate of drug-likeness (QED) is 0.581. The fourth-order valence-corrected chi connectivity index (χ4v) is 3.61. The summed E-state index contributed by atoms with van der Waals surface area (Å²) in [6.45, 7) is 1.84. The minimum atomic E-state index is 0.380. The average Bonchev–Trinajstić information content (AvgIpc) is 2.76. The van der Waals surface area contributed by atoms with Gasteiger partial charge < -0.3 is 9.47 Å². The number of ether oxygens (including phenoxy) is 2. The van der Waals surface area contributed by atoms with Crippen molar-refractivity contribution in [3.8, 4) is 0 Å². The van der Waals surface area contributed by atoms with Crippen LogP contribution >= 0.6 is 22.5 Å². The molecule has 0 amide bonds. The van der Waals surface area contributed by atoms with Gasteiger partial charge in [-0.1, -0.05) is 10.8 Å². The zero-order valence-electron chi connectivity index (χ0n) is 7.65. The first-order valence-electron chi connectivity index (χ1n) is 4.95. The van der Waals surface area contributed by atoms with Crippen molar-refractivity contribution in [3.05, 3.63) is 0 Å². The summed E-state index contributed by atoms with van der Waals surface area (Å²) < 4.78 is 11.3. The molecule has 2 fully saturated rings. The molecule has 0 N–H and O–H groups in total. The minimum absolute atomic E-state index is 0.380. The van der Waals surface area contributed by atoms with Crippen molar-refractivity contribution in [1.29, 1.82) is 0 Å². The Hall–Kier alpha value is 0.620. The van der Waals surface area contributed by atoms with Gasteiger partial charge in [0.2, 0.25) is 0 Å². The molecule has 2 aliphatic heterocycles. The fourth-order valence-electron chi connectivity index (χ4n) is 2.10. The lowest BCUT2D eigenvalue weighted by Gasteiger charge is -2.25. The maximum absolute atomic E-state index is 5.67. The minimum Gasteiger partial charge on any atom is -0.377 e. The summed E-state index contributed by atoms with van der Waals surface area (Å²) in [5.41, 5.74) is 0. The zero-order chi connectivity index (χ0) is 9.10. The highest BCUT2D eigenvalue weighted by Crippen LogP contribution is 2.34. The van der Waals surface area contributed by atoms with E-state index in [1.165, 1.54) is 25.7 Å². The summed E-state index contributed by atoms with van der Waals surface area (Å²) in [5, 5.41) is 0.438. The van der Waals surface area contributed by atoms with E-state index in [4.69, 9.17) is 9.47 Å². The zero-order valence-corrected chi connectivity index (χ0v) is 9.36. The van der Waals surface area contributed by atoms with E-state index in [9.17, 15) is 0 Å². The van der Waals surface area contributed by atoms with Gasteiger partial charge in [0, 0.05) is 13.2 Å². The summed E-state index contributed by atoms with van der Waals surface area (Å²) in [5.74, 6) is 0. The van der Waals surface area contributed by atoms with Crippen LogP contribution in [0.25, 0.3) is 0 Å². The Labute approximate surface area is 88.6 Å². The lowest BCUT2D eigenvalue weighted by atomic mass is 10.1. The smallest absolute Gasteiger partial charge is 0.0728 e. The molecule has 0 aromatic heterocycles. The van der Waals surface area contributed by atoms with Crippen molar-refractivity contribution < 1.29 is 9.47 Å². The Morgan fingerprint density at radius 1 is 1.08 bits per heavy atom. The van der Waals surface area contributed by atoms with E-state index in [1.807, 2.05) is 0 Å². The third kappa shape index (κ3) is 2.35. The second-order valence-electron chi connectivity index (χ2n) is 3.67. The van der Waals surface area contributed by atoms with E-state index >= 15 is 0 Å². The van der Waals surface area contributed by atoms with Crippen LogP contribution < -0.4 is 0 Å². The van der Waals surface area contributed by atoms with Gasteiger partial charge in [0.1, 0.15) is 0 Å². The average molecular weight is 220 g/mol. The standard InChI is InChI=1S/C9H16O2S2/c12-13-9(7-3-1-5-10-7)8-4-2-6-11-8/h7-9,12H,1-6H2. The molecular weight excluding hydrogens is 204 g/mol. The summed E-state index contributed by atoms with van der Waals surface area (Å²) >= 11 is 4.32. The van der Waals surface area contributed by atoms with Crippen molar-refractivity contribution in [2.75, 3.05) is 13.2 Å². The second-order valence-corrected chi connectivity index (χ2v) is 5.06. The molecule has 13 heavy (non-hydrogen) atoms. The molecule has 2 rings (SSSR count). The lowest BCUT2D eigenvalue weighted by Crippen LogP contribution is -2.33. The third-order valence-electron chi connectivity index (χ3n) is 2.78.